The molecule has 12 heteroatoms. The van der Waals surface area contributed by atoms with Crippen molar-refractivity contribution in [3.8, 4) is 11.5 Å². The molecule has 0 aliphatic rings. The standard InChI is InChI=1S/C18H26N4O4.4ClH/c19-13-1-3-15(21)17(11-13)25-9-7-23-5-6-24-8-10-26-18-12-14(20)2-4-16(18)22;;;;/h1-4,11-12H,5-10,19-22H2;4*1H. The van der Waals surface area contributed by atoms with Crippen LogP contribution in [0.5, 0.6) is 11.5 Å². The Morgan fingerprint density at radius 2 is 0.833 bits per heavy atom. The summed E-state index contributed by atoms with van der Waals surface area (Å²) < 4.78 is 21.9. The molecule has 0 saturated carbocycles. The number of benzene rings is 2. The molecule has 30 heavy (non-hydrogen) atoms. The van der Waals surface area contributed by atoms with E-state index in [1.165, 1.54) is 0 Å². The Balaban J connectivity index is -0.00000182. The summed E-state index contributed by atoms with van der Waals surface area (Å²) in [7, 11) is 0. The molecule has 174 valence electrons. The molecule has 0 aromatic heterocycles. The highest BCUT2D eigenvalue weighted by atomic mass is 35.5. The summed E-state index contributed by atoms with van der Waals surface area (Å²) in [6.45, 7) is 2.52. The van der Waals surface area contributed by atoms with E-state index in [2.05, 4.69) is 0 Å². The van der Waals surface area contributed by atoms with Gasteiger partial charge in [0, 0.05) is 23.5 Å². The van der Waals surface area contributed by atoms with Crippen molar-refractivity contribution in [1.29, 1.82) is 0 Å². The van der Waals surface area contributed by atoms with Crippen LogP contribution in [0.1, 0.15) is 0 Å². The van der Waals surface area contributed by atoms with Crippen LogP contribution in [0.4, 0.5) is 22.7 Å². The Morgan fingerprint density at radius 3 is 1.20 bits per heavy atom. The van der Waals surface area contributed by atoms with E-state index in [0.717, 1.165) is 0 Å². The van der Waals surface area contributed by atoms with Crippen LogP contribution in [0, 0.1) is 0 Å². The predicted molar refractivity (Wildman–Crippen MR) is 132 cm³/mol. The Labute approximate surface area is 201 Å². The van der Waals surface area contributed by atoms with E-state index in [9.17, 15) is 0 Å². The van der Waals surface area contributed by atoms with Crippen molar-refractivity contribution < 1.29 is 18.9 Å². The van der Waals surface area contributed by atoms with E-state index in [4.69, 9.17) is 41.9 Å². The zero-order chi connectivity index (χ0) is 18.8. The minimum absolute atomic E-state index is 0. The van der Waals surface area contributed by atoms with Crippen molar-refractivity contribution in [3.05, 3.63) is 36.4 Å². The molecule has 8 nitrogen and oxygen atoms in total. The average molecular weight is 508 g/mol. The van der Waals surface area contributed by atoms with Crippen molar-refractivity contribution in [2.24, 2.45) is 0 Å². The number of nitrogens with two attached hydrogens (primary N) is 4. The van der Waals surface area contributed by atoms with Crippen LogP contribution < -0.4 is 32.4 Å². The summed E-state index contributed by atoms with van der Waals surface area (Å²) in [5, 5.41) is 0. The van der Waals surface area contributed by atoms with Gasteiger partial charge in [0.05, 0.1) is 37.8 Å². The fourth-order valence-corrected chi connectivity index (χ4v) is 2.09. The van der Waals surface area contributed by atoms with E-state index in [-0.39, 0.29) is 49.6 Å². The number of anilines is 4. The van der Waals surface area contributed by atoms with Crippen LogP contribution in [-0.4, -0.2) is 39.6 Å². The first kappa shape index (κ1) is 33.0. The summed E-state index contributed by atoms with van der Waals surface area (Å²) >= 11 is 0. The molecule has 0 saturated heterocycles. The lowest BCUT2D eigenvalue weighted by atomic mass is 10.2. The lowest BCUT2D eigenvalue weighted by Gasteiger charge is -2.11. The van der Waals surface area contributed by atoms with Gasteiger partial charge in [-0.15, -0.1) is 49.6 Å². The Hall–Kier alpha value is -1.68. The zero-order valence-electron chi connectivity index (χ0n) is 16.3. The first-order valence-electron chi connectivity index (χ1n) is 8.27. The van der Waals surface area contributed by atoms with E-state index in [0.29, 0.717) is 73.9 Å². The van der Waals surface area contributed by atoms with Gasteiger partial charge in [-0.1, -0.05) is 0 Å². The van der Waals surface area contributed by atoms with E-state index in [1.807, 2.05) is 0 Å². The van der Waals surface area contributed by atoms with Crippen LogP contribution in [0.25, 0.3) is 0 Å². The number of ether oxygens (including phenoxy) is 4. The molecule has 2 rings (SSSR count). The smallest absolute Gasteiger partial charge is 0.144 e. The molecule has 2 aromatic carbocycles. The van der Waals surface area contributed by atoms with Gasteiger partial charge in [0.25, 0.3) is 0 Å². The normalized spacial score (nSPS) is 9.20. The molecule has 0 spiro atoms. The summed E-state index contributed by atoms with van der Waals surface area (Å²) in [6.07, 6.45) is 0. The van der Waals surface area contributed by atoms with Crippen LogP contribution in [0.2, 0.25) is 0 Å². The lowest BCUT2D eigenvalue weighted by Crippen LogP contribution is -2.14. The third kappa shape index (κ3) is 12.1. The Bertz CT molecular complexity index is 654. The van der Waals surface area contributed by atoms with E-state index < -0.39 is 0 Å². The van der Waals surface area contributed by atoms with Crippen molar-refractivity contribution >= 4 is 72.4 Å². The highest BCUT2D eigenvalue weighted by Gasteiger charge is 2.02. The van der Waals surface area contributed by atoms with Gasteiger partial charge in [0.15, 0.2) is 0 Å². The van der Waals surface area contributed by atoms with E-state index in [1.54, 1.807) is 36.4 Å². The number of hydrogen-bond acceptors (Lipinski definition) is 8. The van der Waals surface area contributed by atoms with Crippen molar-refractivity contribution in [2.75, 3.05) is 62.6 Å². The van der Waals surface area contributed by atoms with Gasteiger partial charge >= 0.3 is 0 Å². The summed E-state index contributed by atoms with van der Waals surface area (Å²) in [6, 6.07) is 10.2. The molecular weight excluding hydrogens is 478 g/mol. The monoisotopic (exact) mass is 506 g/mol. The third-order valence-corrected chi connectivity index (χ3v) is 3.42. The molecule has 0 aliphatic carbocycles. The maximum atomic E-state index is 5.79. The third-order valence-electron chi connectivity index (χ3n) is 3.42. The van der Waals surface area contributed by atoms with Gasteiger partial charge in [-0.3, -0.25) is 0 Å². The zero-order valence-corrected chi connectivity index (χ0v) is 19.5. The maximum Gasteiger partial charge on any atom is 0.144 e. The van der Waals surface area contributed by atoms with Gasteiger partial charge in [0.2, 0.25) is 0 Å². The number of hydrogen-bond donors (Lipinski definition) is 4. The Morgan fingerprint density at radius 1 is 0.500 bits per heavy atom. The minimum Gasteiger partial charge on any atom is -0.489 e. The molecule has 0 bridgehead atoms. The number of rotatable bonds is 11. The lowest BCUT2D eigenvalue weighted by molar-refractivity contribution is 0.0275. The highest BCUT2D eigenvalue weighted by molar-refractivity contribution is 5.86. The van der Waals surface area contributed by atoms with Gasteiger partial charge in [0.1, 0.15) is 24.7 Å². The predicted octanol–water partition coefficient (Wildman–Crippen LogP) is 3.19. The largest absolute Gasteiger partial charge is 0.489 e. The minimum atomic E-state index is 0. The summed E-state index contributed by atoms with van der Waals surface area (Å²) in [5.41, 5.74) is 25.2. The summed E-state index contributed by atoms with van der Waals surface area (Å²) in [4.78, 5) is 0. The molecule has 0 fully saturated rings. The molecular formula is C18H30Cl4N4O4. The van der Waals surface area contributed by atoms with Crippen LogP contribution in [0.15, 0.2) is 36.4 Å². The molecule has 0 atom stereocenters. The molecule has 0 unspecified atom stereocenters. The SMILES string of the molecule is Cl.Cl.Cl.Cl.Nc1ccc(N)c(OCCOCCOCCOc2cc(N)ccc2N)c1. The van der Waals surface area contributed by atoms with Crippen LogP contribution in [-0.2, 0) is 9.47 Å². The van der Waals surface area contributed by atoms with Crippen LogP contribution >= 0.6 is 49.6 Å². The number of nitrogen functional groups attached to an aromatic ring is 4. The van der Waals surface area contributed by atoms with Crippen molar-refractivity contribution in [2.45, 2.75) is 0 Å². The molecule has 0 aliphatic heterocycles. The van der Waals surface area contributed by atoms with Crippen LogP contribution in [0.3, 0.4) is 0 Å². The Kier molecular flexibility index (Phi) is 19.9. The number of halogens is 4. The van der Waals surface area contributed by atoms with E-state index >= 15 is 0 Å². The van der Waals surface area contributed by atoms with Gasteiger partial charge in [-0.2, -0.15) is 0 Å². The van der Waals surface area contributed by atoms with Crippen molar-refractivity contribution in [1.82, 2.24) is 0 Å². The average Bonchev–Trinajstić information content (AvgIpc) is 2.62. The summed E-state index contributed by atoms with van der Waals surface area (Å²) in [5.74, 6) is 1.12. The highest BCUT2D eigenvalue weighted by Crippen LogP contribution is 2.24. The molecule has 0 radical (unpaired) electrons. The maximum absolute atomic E-state index is 5.79. The van der Waals surface area contributed by atoms with Gasteiger partial charge < -0.3 is 41.9 Å². The second-order valence-electron chi connectivity index (χ2n) is 5.52. The van der Waals surface area contributed by atoms with Crippen molar-refractivity contribution in [3.63, 3.8) is 0 Å². The first-order chi connectivity index (χ1) is 12.6. The second-order valence-corrected chi connectivity index (χ2v) is 5.52. The molecule has 2 aromatic rings. The fourth-order valence-electron chi connectivity index (χ4n) is 2.09. The molecule has 0 amide bonds. The molecule has 8 N–H and O–H groups in total. The van der Waals surface area contributed by atoms with Gasteiger partial charge in [-0.25, -0.2) is 0 Å². The quantitative estimate of drug-likeness (QED) is 0.268. The molecule has 0 heterocycles. The topological polar surface area (TPSA) is 141 Å². The first-order valence-corrected chi connectivity index (χ1v) is 8.27. The fraction of sp³-hybridized carbons (Fsp3) is 0.333. The second kappa shape index (κ2) is 18.1. The van der Waals surface area contributed by atoms with Gasteiger partial charge in [-0.05, 0) is 24.3 Å².